The molecular formula is C19H20O7. The Bertz CT molecular complexity index is 791. The molecule has 6 atom stereocenters. The number of carboxylic acid groups (broad SMARTS) is 1. The molecule has 1 heterocycles. The smallest absolute Gasteiger partial charge is 0.311 e. The third-order valence-corrected chi connectivity index (χ3v) is 6.16. The van der Waals surface area contributed by atoms with Crippen molar-refractivity contribution >= 4 is 17.9 Å². The molecule has 7 nitrogen and oxygen atoms in total. The molecule has 2 aliphatic carbocycles. The summed E-state index contributed by atoms with van der Waals surface area (Å²) < 4.78 is 10.8. The van der Waals surface area contributed by atoms with Crippen molar-refractivity contribution in [3.05, 3.63) is 23.3 Å². The number of fused-ring (bicyclic) bond motifs is 1. The monoisotopic (exact) mass is 360 g/mol. The van der Waals surface area contributed by atoms with E-state index in [1.54, 1.807) is 26.0 Å². The fourth-order valence-electron chi connectivity index (χ4n) is 5.13. The van der Waals surface area contributed by atoms with Crippen LogP contribution in [-0.4, -0.2) is 34.2 Å². The molecule has 7 heteroatoms. The Hall–Kier alpha value is -2.57. The van der Waals surface area contributed by atoms with Crippen LogP contribution in [0.5, 0.6) is 11.5 Å². The van der Waals surface area contributed by atoms with Gasteiger partial charge in [0.15, 0.2) is 0 Å². The van der Waals surface area contributed by atoms with Crippen molar-refractivity contribution in [2.24, 2.45) is 29.6 Å². The summed E-state index contributed by atoms with van der Waals surface area (Å²) in [6, 6.07) is 3.15. The Labute approximate surface area is 149 Å². The molecule has 0 spiro atoms. The van der Waals surface area contributed by atoms with Crippen LogP contribution in [0.4, 0.5) is 0 Å². The molecule has 1 saturated heterocycles. The largest absolute Gasteiger partial charge is 0.507 e. The van der Waals surface area contributed by atoms with Crippen LogP contribution in [0.3, 0.4) is 0 Å². The van der Waals surface area contributed by atoms with Gasteiger partial charge in [0.1, 0.15) is 17.6 Å². The van der Waals surface area contributed by atoms with Gasteiger partial charge in [-0.3, -0.25) is 14.4 Å². The fraction of sp³-hybridized carbons (Fsp3) is 0.526. The van der Waals surface area contributed by atoms with Gasteiger partial charge in [0.25, 0.3) is 0 Å². The number of aliphatic carboxylic acids is 1. The number of aromatic hydroxyl groups is 1. The number of rotatable bonds is 4. The molecule has 0 radical (unpaired) electrons. The van der Waals surface area contributed by atoms with Crippen LogP contribution < -0.4 is 4.74 Å². The third-order valence-electron chi connectivity index (χ3n) is 6.16. The number of hydrogen-bond donors (Lipinski definition) is 2. The van der Waals surface area contributed by atoms with Gasteiger partial charge >= 0.3 is 17.9 Å². The van der Waals surface area contributed by atoms with Crippen molar-refractivity contribution in [1.29, 1.82) is 0 Å². The Morgan fingerprint density at radius 1 is 1.23 bits per heavy atom. The van der Waals surface area contributed by atoms with E-state index < -0.39 is 29.7 Å². The van der Waals surface area contributed by atoms with Crippen LogP contribution in [0.15, 0.2) is 12.1 Å². The number of carboxylic acids is 1. The maximum Gasteiger partial charge on any atom is 0.311 e. The Kier molecular flexibility index (Phi) is 3.71. The lowest BCUT2D eigenvalue weighted by Gasteiger charge is -2.28. The zero-order valence-corrected chi connectivity index (χ0v) is 14.5. The first-order chi connectivity index (χ1) is 12.3. The highest BCUT2D eigenvalue weighted by Gasteiger charge is 2.68. The molecule has 6 unspecified atom stereocenters. The van der Waals surface area contributed by atoms with Crippen LogP contribution in [0.2, 0.25) is 0 Å². The maximum absolute atomic E-state index is 12.4. The van der Waals surface area contributed by atoms with Crippen LogP contribution in [-0.2, 0) is 19.1 Å². The van der Waals surface area contributed by atoms with E-state index in [1.165, 1.54) is 0 Å². The van der Waals surface area contributed by atoms with Crippen molar-refractivity contribution in [1.82, 2.24) is 0 Å². The van der Waals surface area contributed by atoms with Crippen molar-refractivity contribution in [3.8, 4) is 11.5 Å². The molecule has 4 rings (SSSR count). The van der Waals surface area contributed by atoms with Gasteiger partial charge < -0.3 is 19.7 Å². The summed E-state index contributed by atoms with van der Waals surface area (Å²) in [5.74, 6) is -3.46. The van der Waals surface area contributed by atoms with Crippen molar-refractivity contribution in [2.45, 2.75) is 32.8 Å². The highest BCUT2D eigenvalue weighted by molar-refractivity contribution is 5.85. The molecule has 1 aromatic carbocycles. The standard InChI is InChI=1S/C19H20O7/c1-7-3-9(4-8(2)16(7)21)25-13(20)6-11-10-5-12-15(14(10)18(22)23)19(24)26-17(11)12/h3-4,10-12,14-15,17,21H,5-6H2,1-2H3,(H,22,23). The Balaban J connectivity index is 1.50. The molecule has 1 aliphatic heterocycles. The first-order valence-electron chi connectivity index (χ1n) is 8.72. The van der Waals surface area contributed by atoms with Crippen molar-refractivity contribution in [2.75, 3.05) is 0 Å². The first-order valence-corrected chi connectivity index (χ1v) is 8.72. The number of esters is 2. The van der Waals surface area contributed by atoms with E-state index in [2.05, 4.69) is 0 Å². The number of phenols is 1. The van der Waals surface area contributed by atoms with Crippen LogP contribution in [0, 0.1) is 43.4 Å². The topological polar surface area (TPSA) is 110 Å². The van der Waals surface area contributed by atoms with Crippen LogP contribution in [0.1, 0.15) is 24.0 Å². The van der Waals surface area contributed by atoms with Crippen LogP contribution >= 0.6 is 0 Å². The molecular weight excluding hydrogens is 340 g/mol. The highest BCUT2D eigenvalue weighted by atomic mass is 16.6. The van der Waals surface area contributed by atoms with Gasteiger partial charge in [-0.05, 0) is 49.4 Å². The lowest BCUT2D eigenvalue weighted by Crippen LogP contribution is -2.38. The molecule has 0 amide bonds. The number of aryl methyl sites for hydroxylation is 2. The molecule has 0 aromatic heterocycles. The van der Waals surface area contributed by atoms with Gasteiger partial charge in [0, 0.05) is 11.8 Å². The number of carbonyl (C=O) groups excluding carboxylic acids is 2. The van der Waals surface area contributed by atoms with E-state index in [0.717, 1.165) is 0 Å². The number of ether oxygens (including phenoxy) is 2. The van der Waals surface area contributed by atoms with Gasteiger partial charge in [0.2, 0.25) is 0 Å². The average Bonchev–Trinajstić information content (AvgIpc) is 3.15. The lowest BCUT2D eigenvalue weighted by molar-refractivity contribution is -0.151. The number of phenolic OH excluding ortho intramolecular Hbond substituents is 1. The van der Waals surface area contributed by atoms with E-state index in [-0.39, 0.29) is 36.0 Å². The van der Waals surface area contributed by atoms with Gasteiger partial charge in [-0.15, -0.1) is 0 Å². The highest BCUT2D eigenvalue weighted by Crippen LogP contribution is 2.61. The Morgan fingerprint density at radius 3 is 2.50 bits per heavy atom. The average molecular weight is 360 g/mol. The first kappa shape index (κ1) is 16.9. The minimum Gasteiger partial charge on any atom is -0.507 e. The summed E-state index contributed by atoms with van der Waals surface area (Å²) in [7, 11) is 0. The lowest BCUT2D eigenvalue weighted by atomic mass is 9.73. The molecule has 1 aromatic rings. The molecule has 2 N–H and O–H groups in total. The quantitative estimate of drug-likeness (QED) is 0.622. The third kappa shape index (κ3) is 2.37. The van der Waals surface area contributed by atoms with Gasteiger partial charge in [-0.2, -0.15) is 0 Å². The zero-order valence-electron chi connectivity index (χ0n) is 14.5. The molecule has 138 valence electrons. The molecule has 2 bridgehead atoms. The summed E-state index contributed by atoms with van der Waals surface area (Å²) in [5.41, 5.74) is 1.21. The normalized spacial score (nSPS) is 34.0. The second kappa shape index (κ2) is 5.72. The van der Waals surface area contributed by atoms with Gasteiger partial charge in [0.05, 0.1) is 18.3 Å². The van der Waals surface area contributed by atoms with E-state index in [9.17, 15) is 24.6 Å². The fourth-order valence-corrected chi connectivity index (χ4v) is 5.13. The van der Waals surface area contributed by atoms with E-state index in [1.807, 2.05) is 0 Å². The molecule has 26 heavy (non-hydrogen) atoms. The minimum atomic E-state index is -0.997. The predicted octanol–water partition coefficient (Wildman–Crippen LogP) is 1.81. The summed E-state index contributed by atoms with van der Waals surface area (Å²) in [6.45, 7) is 3.43. The SMILES string of the molecule is Cc1cc(OC(=O)CC2C3CC4C2OC(=O)C4C3C(=O)O)cc(C)c1O. The second-order valence-electron chi connectivity index (χ2n) is 7.60. The second-order valence-corrected chi connectivity index (χ2v) is 7.60. The summed E-state index contributed by atoms with van der Waals surface area (Å²) in [5, 5.41) is 19.3. The van der Waals surface area contributed by atoms with Crippen molar-refractivity contribution in [3.63, 3.8) is 0 Å². The number of hydrogen-bond acceptors (Lipinski definition) is 6. The van der Waals surface area contributed by atoms with Crippen molar-refractivity contribution < 1.29 is 34.1 Å². The number of benzene rings is 1. The predicted molar refractivity (Wildman–Crippen MR) is 87.4 cm³/mol. The molecule has 2 saturated carbocycles. The van der Waals surface area contributed by atoms with E-state index >= 15 is 0 Å². The number of carbonyl (C=O) groups is 3. The molecule has 3 fully saturated rings. The van der Waals surface area contributed by atoms with Gasteiger partial charge in [-0.1, -0.05) is 0 Å². The van der Waals surface area contributed by atoms with Crippen LogP contribution in [0.25, 0.3) is 0 Å². The van der Waals surface area contributed by atoms with E-state index in [0.29, 0.717) is 23.3 Å². The van der Waals surface area contributed by atoms with Gasteiger partial charge in [-0.25, -0.2) is 0 Å². The summed E-state index contributed by atoms with van der Waals surface area (Å²) in [6.07, 6.45) is 0.228. The minimum absolute atomic E-state index is 0.00852. The van der Waals surface area contributed by atoms with E-state index in [4.69, 9.17) is 9.47 Å². The zero-order chi connectivity index (χ0) is 18.7. The molecule has 3 aliphatic rings. The Morgan fingerprint density at radius 2 is 1.88 bits per heavy atom. The summed E-state index contributed by atoms with van der Waals surface area (Å²) >= 11 is 0. The summed E-state index contributed by atoms with van der Waals surface area (Å²) in [4.78, 5) is 36.0. The maximum atomic E-state index is 12.4.